The Balaban J connectivity index is 1.96. The zero-order valence-corrected chi connectivity index (χ0v) is 14.3. The summed E-state index contributed by atoms with van der Waals surface area (Å²) in [5.41, 5.74) is 1.04. The number of benzene rings is 2. The maximum absolute atomic E-state index is 12.1. The summed E-state index contributed by atoms with van der Waals surface area (Å²) in [4.78, 5) is 11.8. The van der Waals surface area contributed by atoms with Crippen molar-refractivity contribution in [3.8, 4) is 5.75 Å². The molecule has 6 nitrogen and oxygen atoms in total. The van der Waals surface area contributed by atoms with Gasteiger partial charge in [-0.1, -0.05) is 17.7 Å². The van der Waals surface area contributed by atoms with E-state index >= 15 is 0 Å². The van der Waals surface area contributed by atoms with E-state index in [2.05, 4.69) is 10.1 Å². The molecule has 2 aromatic rings. The molecule has 0 aliphatic heterocycles. The Morgan fingerprint density at radius 1 is 1.04 bits per heavy atom. The van der Waals surface area contributed by atoms with Crippen LogP contribution in [0.2, 0.25) is 0 Å². The van der Waals surface area contributed by atoms with Crippen LogP contribution in [0.25, 0.3) is 0 Å². The van der Waals surface area contributed by atoms with E-state index in [4.69, 9.17) is 0 Å². The molecular weight excluding hydrogens is 373 g/mol. The molecule has 0 saturated carbocycles. The first-order valence-electron chi connectivity index (χ1n) is 7.25. The van der Waals surface area contributed by atoms with Gasteiger partial charge in [-0.3, -0.25) is 0 Å². The van der Waals surface area contributed by atoms with Gasteiger partial charge in [-0.25, -0.2) is 17.9 Å². The van der Waals surface area contributed by atoms with Crippen molar-refractivity contribution in [2.24, 2.45) is 0 Å². The monoisotopic (exact) mass is 388 g/mol. The van der Waals surface area contributed by atoms with Gasteiger partial charge < -0.3 is 10.1 Å². The van der Waals surface area contributed by atoms with Gasteiger partial charge in [0, 0.05) is 5.69 Å². The number of carbonyl (C=O) groups excluding carboxylic acids is 1. The Labute approximate surface area is 148 Å². The van der Waals surface area contributed by atoms with Crippen molar-refractivity contribution in [3.05, 3.63) is 54.1 Å². The van der Waals surface area contributed by atoms with Gasteiger partial charge in [-0.2, -0.15) is 13.2 Å². The third-order valence-corrected chi connectivity index (χ3v) is 4.42. The minimum atomic E-state index is -4.46. The van der Waals surface area contributed by atoms with Crippen LogP contribution in [0.15, 0.2) is 53.4 Å². The Kier molecular flexibility index (Phi) is 5.76. The van der Waals surface area contributed by atoms with Gasteiger partial charge >= 0.3 is 12.2 Å². The first kappa shape index (κ1) is 19.6. The van der Waals surface area contributed by atoms with Crippen LogP contribution < -0.4 is 14.8 Å². The minimum absolute atomic E-state index is 0.0411. The fraction of sp³-hybridized carbons (Fsp3) is 0.188. The van der Waals surface area contributed by atoms with Crippen LogP contribution in [0.5, 0.6) is 5.75 Å². The topological polar surface area (TPSA) is 84.5 Å². The first-order chi connectivity index (χ1) is 12.0. The van der Waals surface area contributed by atoms with Gasteiger partial charge in [-0.15, -0.1) is 0 Å². The number of hydrogen-bond donors (Lipinski definition) is 2. The predicted octanol–water partition coefficient (Wildman–Crippen LogP) is 3.45. The molecule has 0 bridgehead atoms. The van der Waals surface area contributed by atoms with Crippen molar-refractivity contribution in [2.45, 2.75) is 18.0 Å². The number of urea groups is 1. The smallest absolute Gasteiger partial charge is 0.422 e. The molecule has 2 N–H and O–H groups in total. The summed E-state index contributed by atoms with van der Waals surface area (Å²) in [6.07, 6.45) is -4.46. The second-order valence-corrected chi connectivity index (χ2v) is 6.98. The highest BCUT2D eigenvalue weighted by Crippen LogP contribution is 2.20. The number of aryl methyl sites for hydroxylation is 1. The fourth-order valence-corrected chi connectivity index (χ4v) is 2.76. The van der Waals surface area contributed by atoms with Crippen LogP contribution in [0.4, 0.5) is 23.7 Å². The van der Waals surface area contributed by atoms with Gasteiger partial charge in [0.1, 0.15) is 5.75 Å². The number of nitrogens with one attached hydrogen (secondary N) is 2. The largest absolute Gasteiger partial charge is 0.484 e. The normalized spacial score (nSPS) is 11.7. The van der Waals surface area contributed by atoms with Crippen molar-refractivity contribution < 1.29 is 31.1 Å². The summed E-state index contributed by atoms with van der Waals surface area (Å²) < 4.78 is 66.7. The second kappa shape index (κ2) is 7.65. The average Bonchev–Trinajstić information content (AvgIpc) is 2.53. The molecule has 2 aromatic carbocycles. The lowest BCUT2D eigenvalue weighted by Gasteiger charge is -2.11. The number of anilines is 1. The highest BCUT2D eigenvalue weighted by atomic mass is 32.2. The average molecular weight is 388 g/mol. The van der Waals surface area contributed by atoms with Gasteiger partial charge in [0.15, 0.2) is 6.61 Å². The maximum Gasteiger partial charge on any atom is 0.422 e. The molecule has 0 radical (unpaired) electrons. The molecule has 0 aliphatic rings. The van der Waals surface area contributed by atoms with Crippen molar-refractivity contribution in [2.75, 3.05) is 11.9 Å². The number of sulfonamides is 1. The lowest BCUT2D eigenvalue weighted by atomic mass is 10.2. The number of carbonyl (C=O) groups is 1. The summed E-state index contributed by atoms with van der Waals surface area (Å²) in [6.45, 7) is 0.355. The van der Waals surface area contributed by atoms with E-state index in [0.29, 0.717) is 0 Å². The van der Waals surface area contributed by atoms with Crippen LogP contribution in [0.3, 0.4) is 0 Å². The Morgan fingerprint density at radius 2 is 1.62 bits per heavy atom. The van der Waals surface area contributed by atoms with E-state index in [9.17, 15) is 26.4 Å². The molecule has 0 saturated heterocycles. The van der Waals surface area contributed by atoms with Crippen molar-refractivity contribution in [1.29, 1.82) is 0 Å². The van der Waals surface area contributed by atoms with E-state index in [1.54, 1.807) is 19.1 Å². The number of ether oxygens (including phenoxy) is 1. The number of alkyl halides is 3. The van der Waals surface area contributed by atoms with E-state index < -0.39 is 28.8 Å². The van der Waals surface area contributed by atoms with E-state index in [-0.39, 0.29) is 16.3 Å². The third-order valence-electron chi connectivity index (χ3n) is 3.07. The maximum atomic E-state index is 12.1. The molecule has 2 amide bonds. The van der Waals surface area contributed by atoms with E-state index in [1.807, 2.05) is 4.72 Å². The van der Waals surface area contributed by atoms with Gasteiger partial charge in [0.25, 0.3) is 10.0 Å². The molecular formula is C16H15F3N2O4S. The summed E-state index contributed by atoms with van der Waals surface area (Å²) in [6, 6.07) is 9.89. The molecule has 140 valence electrons. The van der Waals surface area contributed by atoms with Gasteiger partial charge in [0.2, 0.25) is 0 Å². The zero-order valence-electron chi connectivity index (χ0n) is 13.5. The molecule has 0 atom stereocenters. The molecule has 0 aliphatic carbocycles. The highest BCUT2D eigenvalue weighted by molar-refractivity contribution is 7.90. The molecule has 0 unspecified atom stereocenters. The molecule has 2 rings (SSSR count). The highest BCUT2D eigenvalue weighted by Gasteiger charge is 2.28. The Hall–Kier alpha value is -2.75. The van der Waals surface area contributed by atoms with Crippen LogP contribution >= 0.6 is 0 Å². The van der Waals surface area contributed by atoms with Crippen molar-refractivity contribution in [3.63, 3.8) is 0 Å². The SMILES string of the molecule is Cc1ccc(S(=O)(=O)NC(=O)Nc2ccc(OCC(F)(F)F)cc2)cc1. The van der Waals surface area contributed by atoms with Gasteiger partial charge in [-0.05, 0) is 43.3 Å². The number of amides is 2. The lowest BCUT2D eigenvalue weighted by molar-refractivity contribution is -0.153. The number of rotatable bonds is 5. The minimum Gasteiger partial charge on any atom is -0.484 e. The summed E-state index contributed by atoms with van der Waals surface area (Å²) in [7, 11) is -4.04. The second-order valence-electron chi connectivity index (χ2n) is 5.30. The molecule has 26 heavy (non-hydrogen) atoms. The Bertz CT molecular complexity index is 864. The van der Waals surface area contributed by atoms with Crippen LogP contribution in [0, 0.1) is 6.92 Å². The molecule has 0 aromatic heterocycles. The van der Waals surface area contributed by atoms with Crippen molar-refractivity contribution >= 4 is 21.7 Å². The number of hydrogen-bond acceptors (Lipinski definition) is 4. The van der Waals surface area contributed by atoms with Gasteiger partial charge in [0.05, 0.1) is 4.90 Å². The summed E-state index contributed by atoms with van der Waals surface area (Å²) in [5.74, 6) is -0.0411. The van der Waals surface area contributed by atoms with Crippen LogP contribution in [-0.2, 0) is 10.0 Å². The van der Waals surface area contributed by atoms with Crippen molar-refractivity contribution in [1.82, 2.24) is 4.72 Å². The molecule has 0 spiro atoms. The predicted molar refractivity (Wildman–Crippen MR) is 88.5 cm³/mol. The first-order valence-corrected chi connectivity index (χ1v) is 8.73. The third kappa shape index (κ3) is 5.96. The Morgan fingerprint density at radius 3 is 2.15 bits per heavy atom. The zero-order chi connectivity index (χ0) is 19.4. The summed E-state index contributed by atoms with van der Waals surface area (Å²) in [5, 5.41) is 2.27. The van der Waals surface area contributed by atoms with Crippen LogP contribution in [0.1, 0.15) is 5.56 Å². The summed E-state index contributed by atoms with van der Waals surface area (Å²) >= 11 is 0. The van der Waals surface area contributed by atoms with Crippen LogP contribution in [-0.4, -0.2) is 27.2 Å². The standard InChI is InChI=1S/C16H15F3N2O4S/c1-11-2-8-14(9-3-11)26(23,24)21-15(22)20-12-4-6-13(7-5-12)25-10-16(17,18)19/h2-9H,10H2,1H3,(H2,20,21,22). The fourth-order valence-electron chi connectivity index (χ4n) is 1.85. The van der Waals surface area contributed by atoms with E-state index in [1.165, 1.54) is 36.4 Å². The molecule has 0 fully saturated rings. The lowest BCUT2D eigenvalue weighted by Crippen LogP contribution is -2.34. The van der Waals surface area contributed by atoms with E-state index in [0.717, 1.165) is 5.56 Å². The molecule has 0 heterocycles. The molecule has 10 heteroatoms. The quantitative estimate of drug-likeness (QED) is 0.822. The number of halogens is 3.